The van der Waals surface area contributed by atoms with Crippen LogP contribution in [0.3, 0.4) is 0 Å². The number of benzene rings is 3. The smallest absolute Gasteiger partial charge is 0.300 e. The van der Waals surface area contributed by atoms with Crippen LogP contribution in [0.4, 0.5) is 5.69 Å². The molecule has 4 rings (SSSR count). The molecule has 1 N–H and O–H groups in total. The Morgan fingerprint density at radius 3 is 2.32 bits per heavy atom. The lowest BCUT2D eigenvalue weighted by molar-refractivity contribution is -0.132. The van der Waals surface area contributed by atoms with Gasteiger partial charge in [-0.05, 0) is 48.9 Å². The second-order valence-electron chi connectivity index (χ2n) is 7.29. The van der Waals surface area contributed by atoms with Gasteiger partial charge in [0.2, 0.25) is 0 Å². The third-order valence-corrected chi connectivity index (χ3v) is 5.81. The molecule has 1 amide bonds. The molecule has 1 heterocycles. The highest BCUT2D eigenvalue weighted by molar-refractivity contribution is 9.10. The number of nitrogens with zero attached hydrogens (tertiary/aromatic N) is 1. The van der Waals surface area contributed by atoms with Crippen molar-refractivity contribution >= 4 is 39.1 Å². The topological polar surface area (TPSA) is 66.8 Å². The average Bonchev–Trinajstić information content (AvgIpc) is 3.05. The molecule has 1 unspecified atom stereocenters. The van der Waals surface area contributed by atoms with Crippen LogP contribution in [-0.4, -0.2) is 23.9 Å². The number of carbonyl (C=O) groups is 2. The van der Waals surface area contributed by atoms with Gasteiger partial charge in [0, 0.05) is 15.7 Å². The molecule has 5 nitrogen and oxygen atoms in total. The van der Waals surface area contributed by atoms with Gasteiger partial charge >= 0.3 is 0 Å². The second kappa shape index (κ2) is 8.40. The summed E-state index contributed by atoms with van der Waals surface area (Å²) in [5, 5.41) is 11.1. The van der Waals surface area contributed by atoms with Crippen LogP contribution in [0.1, 0.15) is 22.7 Å². The quantitative estimate of drug-likeness (QED) is 0.310. The Labute approximate surface area is 188 Å². The lowest BCUT2D eigenvalue weighted by atomic mass is 9.95. The van der Waals surface area contributed by atoms with E-state index in [9.17, 15) is 14.7 Å². The van der Waals surface area contributed by atoms with Crippen LogP contribution in [0.2, 0.25) is 0 Å². The van der Waals surface area contributed by atoms with Gasteiger partial charge in [0.1, 0.15) is 11.5 Å². The van der Waals surface area contributed by atoms with E-state index in [2.05, 4.69) is 15.9 Å². The molecule has 0 aromatic heterocycles. The molecule has 0 bridgehead atoms. The van der Waals surface area contributed by atoms with Crippen LogP contribution < -0.4 is 9.64 Å². The Hall–Kier alpha value is -3.38. The summed E-state index contributed by atoms with van der Waals surface area (Å²) in [6.45, 7) is 1.95. The highest BCUT2D eigenvalue weighted by Gasteiger charge is 2.47. The van der Waals surface area contributed by atoms with Crippen LogP contribution in [0, 0.1) is 6.92 Å². The highest BCUT2D eigenvalue weighted by atomic mass is 79.9. The molecule has 31 heavy (non-hydrogen) atoms. The number of aryl methyl sites for hydroxylation is 1. The maximum Gasteiger partial charge on any atom is 0.300 e. The van der Waals surface area contributed by atoms with Crippen molar-refractivity contribution in [1.82, 2.24) is 0 Å². The molecule has 3 aromatic rings. The molecular formula is C25H20BrNO4. The van der Waals surface area contributed by atoms with Gasteiger partial charge in [-0.1, -0.05) is 57.9 Å². The second-order valence-corrected chi connectivity index (χ2v) is 8.20. The Balaban J connectivity index is 1.94. The Morgan fingerprint density at radius 2 is 1.68 bits per heavy atom. The van der Waals surface area contributed by atoms with Crippen molar-refractivity contribution in [2.45, 2.75) is 13.0 Å². The molecule has 1 saturated heterocycles. The van der Waals surface area contributed by atoms with Gasteiger partial charge in [-0.2, -0.15) is 0 Å². The minimum absolute atomic E-state index is 0.0427. The van der Waals surface area contributed by atoms with Crippen molar-refractivity contribution in [3.8, 4) is 5.75 Å². The van der Waals surface area contributed by atoms with Crippen LogP contribution in [-0.2, 0) is 9.59 Å². The lowest BCUT2D eigenvalue weighted by Crippen LogP contribution is -2.29. The molecule has 1 atom stereocenters. The van der Waals surface area contributed by atoms with Crippen molar-refractivity contribution in [1.29, 1.82) is 0 Å². The molecular weight excluding hydrogens is 458 g/mol. The molecule has 3 aromatic carbocycles. The maximum absolute atomic E-state index is 13.1. The number of Topliss-reactive ketones (excluding diaryl/α,β-unsaturated/α-hetero) is 1. The number of carbonyl (C=O) groups excluding carboxylic acids is 2. The third-order valence-electron chi connectivity index (χ3n) is 5.28. The van der Waals surface area contributed by atoms with Crippen molar-refractivity contribution < 1.29 is 19.4 Å². The summed E-state index contributed by atoms with van der Waals surface area (Å²) in [5.74, 6) is -1.03. The zero-order valence-electron chi connectivity index (χ0n) is 17.0. The summed E-state index contributed by atoms with van der Waals surface area (Å²) in [6.07, 6.45) is 0. The zero-order chi connectivity index (χ0) is 22.1. The van der Waals surface area contributed by atoms with E-state index in [1.54, 1.807) is 61.7 Å². The van der Waals surface area contributed by atoms with Crippen molar-refractivity contribution in [3.05, 3.63) is 99.5 Å². The number of ether oxygens (including phenoxy) is 1. The molecule has 1 fully saturated rings. The summed E-state index contributed by atoms with van der Waals surface area (Å²) in [7, 11) is 1.55. The number of hydrogen-bond acceptors (Lipinski definition) is 4. The average molecular weight is 478 g/mol. The normalized spacial score (nSPS) is 17.8. The summed E-state index contributed by atoms with van der Waals surface area (Å²) < 4.78 is 6.19. The first-order valence-corrected chi connectivity index (χ1v) is 10.5. The van der Waals surface area contributed by atoms with Crippen LogP contribution in [0.5, 0.6) is 5.75 Å². The van der Waals surface area contributed by atoms with E-state index in [-0.39, 0.29) is 11.3 Å². The number of aliphatic hydroxyl groups is 1. The van der Waals surface area contributed by atoms with E-state index in [4.69, 9.17) is 4.74 Å². The van der Waals surface area contributed by atoms with Crippen molar-refractivity contribution in [2.75, 3.05) is 12.0 Å². The number of amides is 1. The molecule has 1 aliphatic rings. The summed E-state index contributed by atoms with van der Waals surface area (Å²) >= 11 is 3.37. The number of halogens is 1. The largest absolute Gasteiger partial charge is 0.507 e. The van der Waals surface area contributed by atoms with Crippen LogP contribution in [0.15, 0.2) is 82.8 Å². The van der Waals surface area contributed by atoms with Gasteiger partial charge in [0.15, 0.2) is 0 Å². The van der Waals surface area contributed by atoms with Gasteiger partial charge in [0.25, 0.3) is 11.7 Å². The van der Waals surface area contributed by atoms with Gasteiger partial charge in [0.05, 0.1) is 18.7 Å². The minimum atomic E-state index is -0.790. The highest BCUT2D eigenvalue weighted by Crippen LogP contribution is 2.42. The van der Waals surface area contributed by atoms with Crippen LogP contribution in [0.25, 0.3) is 5.76 Å². The Morgan fingerprint density at radius 1 is 1.00 bits per heavy atom. The SMILES string of the molecule is COc1cccc(C2/C(=C(/O)c3ccc(Br)cc3)C(=O)C(=O)N2c2ccc(C)cc2)c1. The number of rotatable bonds is 4. The molecule has 0 saturated carbocycles. The summed E-state index contributed by atoms with van der Waals surface area (Å²) in [5.41, 5.74) is 2.78. The molecule has 0 aliphatic carbocycles. The van der Waals surface area contributed by atoms with Gasteiger partial charge < -0.3 is 9.84 Å². The van der Waals surface area contributed by atoms with E-state index in [0.717, 1.165) is 10.0 Å². The van der Waals surface area contributed by atoms with Gasteiger partial charge in [-0.3, -0.25) is 14.5 Å². The van der Waals surface area contributed by atoms with E-state index >= 15 is 0 Å². The lowest BCUT2D eigenvalue weighted by Gasteiger charge is -2.25. The maximum atomic E-state index is 13.1. The Bertz CT molecular complexity index is 1180. The number of anilines is 1. The number of aliphatic hydroxyl groups excluding tert-OH is 1. The van der Waals surface area contributed by atoms with E-state index in [1.165, 1.54) is 4.90 Å². The first-order chi connectivity index (χ1) is 14.9. The zero-order valence-corrected chi connectivity index (χ0v) is 18.6. The molecule has 0 radical (unpaired) electrons. The summed E-state index contributed by atoms with van der Waals surface area (Å²) in [4.78, 5) is 27.7. The fourth-order valence-corrected chi connectivity index (χ4v) is 3.96. The van der Waals surface area contributed by atoms with E-state index in [1.807, 2.05) is 25.1 Å². The van der Waals surface area contributed by atoms with Crippen LogP contribution >= 0.6 is 15.9 Å². The molecule has 1 aliphatic heterocycles. The third kappa shape index (κ3) is 3.86. The number of methoxy groups -OCH3 is 1. The number of hydrogen-bond donors (Lipinski definition) is 1. The standard InChI is InChI=1S/C25H20BrNO4/c1-15-6-12-19(13-7-15)27-22(17-4-3-5-20(14-17)31-2)21(24(29)25(27)30)23(28)16-8-10-18(26)11-9-16/h3-14,22,28H,1-2H3/b23-21-. The van der Waals surface area contributed by atoms with Crippen molar-refractivity contribution in [3.63, 3.8) is 0 Å². The predicted molar refractivity (Wildman–Crippen MR) is 123 cm³/mol. The van der Waals surface area contributed by atoms with E-state index < -0.39 is 17.7 Å². The van der Waals surface area contributed by atoms with E-state index in [0.29, 0.717) is 22.6 Å². The monoisotopic (exact) mass is 477 g/mol. The predicted octanol–water partition coefficient (Wildman–Crippen LogP) is 5.39. The fourth-order valence-electron chi connectivity index (χ4n) is 3.69. The minimum Gasteiger partial charge on any atom is -0.507 e. The molecule has 6 heteroatoms. The first kappa shape index (κ1) is 20.9. The van der Waals surface area contributed by atoms with Crippen molar-refractivity contribution in [2.24, 2.45) is 0 Å². The summed E-state index contributed by atoms with van der Waals surface area (Å²) in [6, 6.07) is 20.7. The Kier molecular flexibility index (Phi) is 5.65. The molecule has 156 valence electrons. The molecule has 0 spiro atoms. The first-order valence-electron chi connectivity index (χ1n) is 9.68. The van der Waals surface area contributed by atoms with Gasteiger partial charge in [-0.25, -0.2) is 0 Å². The van der Waals surface area contributed by atoms with Gasteiger partial charge in [-0.15, -0.1) is 0 Å². The fraction of sp³-hybridized carbons (Fsp3) is 0.120. The number of ketones is 1.